The van der Waals surface area contributed by atoms with Crippen molar-refractivity contribution in [3.05, 3.63) is 48.3 Å². The highest BCUT2D eigenvalue weighted by Crippen LogP contribution is 2.48. The Morgan fingerprint density at radius 2 is 2.35 bits per heavy atom. The fourth-order valence-electron chi connectivity index (χ4n) is 3.76. The molecule has 0 aromatic carbocycles. The van der Waals surface area contributed by atoms with Gasteiger partial charge in [0.15, 0.2) is 0 Å². The smallest absolute Gasteiger partial charge is 0.226 e. The number of pyridine rings is 1. The SMILES string of the molecule is CN(CC1CCn2ccnc2C1)C(=O)C1CC1c1cccnc1. The number of rotatable bonds is 4. The van der Waals surface area contributed by atoms with Crippen molar-refractivity contribution < 1.29 is 4.79 Å². The van der Waals surface area contributed by atoms with E-state index in [1.807, 2.05) is 36.6 Å². The van der Waals surface area contributed by atoms with E-state index in [-0.39, 0.29) is 11.8 Å². The molecule has 5 nitrogen and oxygen atoms in total. The fourth-order valence-corrected chi connectivity index (χ4v) is 3.76. The Hall–Kier alpha value is -2.17. The molecular weight excluding hydrogens is 288 g/mol. The third-order valence-corrected chi connectivity index (χ3v) is 5.18. The molecule has 4 rings (SSSR count). The second-order valence-corrected chi connectivity index (χ2v) is 6.85. The van der Waals surface area contributed by atoms with Crippen molar-refractivity contribution in [3.8, 4) is 0 Å². The summed E-state index contributed by atoms with van der Waals surface area (Å²) in [6.45, 7) is 1.85. The number of hydrogen-bond acceptors (Lipinski definition) is 3. The number of aryl methyl sites for hydroxylation is 1. The molecule has 1 aliphatic heterocycles. The molecule has 1 amide bonds. The Bertz CT molecular complexity index is 696. The lowest BCUT2D eigenvalue weighted by atomic mass is 9.97. The van der Waals surface area contributed by atoms with Gasteiger partial charge in [0.25, 0.3) is 0 Å². The van der Waals surface area contributed by atoms with Gasteiger partial charge in [0.1, 0.15) is 5.82 Å². The van der Waals surface area contributed by atoms with E-state index >= 15 is 0 Å². The van der Waals surface area contributed by atoms with E-state index in [2.05, 4.69) is 20.6 Å². The summed E-state index contributed by atoms with van der Waals surface area (Å²) in [4.78, 5) is 23.1. The van der Waals surface area contributed by atoms with Crippen LogP contribution in [0.15, 0.2) is 36.9 Å². The minimum atomic E-state index is 0.148. The van der Waals surface area contributed by atoms with Crippen LogP contribution < -0.4 is 0 Å². The van der Waals surface area contributed by atoms with Gasteiger partial charge in [0.2, 0.25) is 5.91 Å². The molecule has 1 fully saturated rings. The van der Waals surface area contributed by atoms with Crippen LogP contribution >= 0.6 is 0 Å². The van der Waals surface area contributed by atoms with E-state index in [0.29, 0.717) is 11.8 Å². The summed E-state index contributed by atoms with van der Waals surface area (Å²) in [5.41, 5.74) is 1.19. The van der Waals surface area contributed by atoms with Crippen molar-refractivity contribution in [2.24, 2.45) is 11.8 Å². The third kappa shape index (κ3) is 2.87. The van der Waals surface area contributed by atoms with Crippen molar-refractivity contribution in [3.63, 3.8) is 0 Å². The Kier molecular flexibility index (Phi) is 3.63. The minimum absolute atomic E-state index is 0.148. The van der Waals surface area contributed by atoms with E-state index in [1.54, 1.807) is 6.20 Å². The van der Waals surface area contributed by atoms with Crippen LogP contribution in [0.25, 0.3) is 0 Å². The van der Waals surface area contributed by atoms with Gasteiger partial charge in [-0.15, -0.1) is 0 Å². The molecule has 23 heavy (non-hydrogen) atoms. The Labute approximate surface area is 136 Å². The van der Waals surface area contributed by atoms with Crippen molar-refractivity contribution in [2.75, 3.05) is 13.6 Å². The number of hydrogen-bond donors (Lipinski definition) is 0. The maximum absolute atomic E-state index is 12.6. The van der Waals surface area contributed by atoms with E-state index in [4.69, 9.17) is 0 Å². The fraction of sp³-hybridized carbons (Fsp3) is 0.500. The second kappa shape index (κ2) is 5.80. The highest BCUT2D eigenvalue weighted by molar-refractivity contribution is 5.82. The molecule has 0 saturated heterocycles. The number of carbonyl (C=O) groups is 1. The van der Waals surface area contributed by atoms with Gasteiger partial charge in [-0.25, -0.2) is 4.98 Å². The summed E-state index contributed by atoms with van der Waals surface area (Å²) in [5, 5.41) is 0. The highest BCUT2D eigenvalue weighted by atomic mass is 16.2. The molecular formula is C18H22N4O. The van der Waals surface area contributed by atoms with E-state index < -0.39 is 0 Å². The maximum atomic E-state index is 12.6. The average Bonchev–Trinajstić information content (AvgIpc) is 3.25. The van der Waals surface area contributed by atoms with E-state index in [9.17, 15) is 4.79 Å². The van der Waals surface area contributed by atoms with Gasteiger partial charge >= 0.3 is 0 Å². The molecule has 0 bridgehead atoms. The maximum Gasteiger partial charge on any atom is 0.226 e. The first kappa shape index (κ1) is 14.4. The van der Waals surface area contributed by atoms with Gasteiger partial charge in [-0.2, -0.15) is 0 Å². The number of aromatic nitrogens is 3. The molecule has 3 heterocycles. The van der Waals surface area contributed by atoms with Crippen molar-refractivity contribution >= 4 is 5.91 Å². The molecule has 0 N–H and O–H groups in total. The predicted molar refractivity (Wildman–Crippen MR) is 86.8 cm³/mol. The highest BCUT2D eigenvalue weighted by Gasteiger charge is 2.45. The van der Waals surface area contributed by atoms with Gasteiger partial charge in [-0.1, -0.05) is 6.07 Å². The zero-order chi connectivity index (χ0) is 15.8. The number of amides is 1. The molecule has 3 atom stereocenters. The Morgan fingerprint density at radius 1 is 1.43 bits per heavy atom. The molecule has 2 aromatic rings. The van der Waals surface area contributed by atoms with Crippen molar-refractivity contribution in [1.82, 2.24) is 19.4 Å². The predicted octanol–water partition coefficient (Wildman–Crippen LogP) is 2.10. The lowest BCUT2D eigenvalue weighted by Gasteiger charge is -2.28. The molecule has 0 radical (unpaired) electrons. The van der Waals surface area contributed by atoms with Crippen LogP contribution in [0.5, 0.6) is 0 Å². The molecule has 1 aliphatic carbocycles. The van der Waals surface area contributed by atoms with Gasteiger partial charge in [-0.05, 0) is 36.3 Å². The molecule has 120 valence electrons. The van der Waals surface area contributed by atoms with Gasteiger partial charge in [0.05, 0.1) is 0 Å². The van der Waals surface area contributed by atoms with Crippen molar-refractivity contribution in [1.29, 1.82) is 0 Å². The average molecular weight is 310 g/mol. The van der Waals surface area contributed by atoms with Crippen LogP contribution in [-0.4, -0.2) is 38.9 Å². The van der Waals surface area contributed by atoms with Gasteiger partial charge < -0.3 is 9.47 Å². The van der Waals surface area contributed by atoms with Crippen LogP contribution in [0.1, 0.15) is 30.1 Å². The molecule has 5 heteroatoms. The largest absolute Gasteiger partial charge is 0.345 e. The number of imidazole rings is 1. The summed E-state index contributed by atoms with van der Waals surface area (Å²) < 4.78 is 2.22. The zero-order valence-corrected chi connectivity index (χ0v) is 13.4. The van der Waals surface area contributed by atoms with Crippen LogP contribution in [0.2, 0.25) is 0 Å². The number of fused-ring (bicyclic) bond motifs is 1. The first-order valence-corrected chi connectivity index (χ1v) is 8.37. The first-order valence-electron chi connectivity index (χ1n) is 8.37. The summed E-state index contributed by atoms with van der Waals surface area (Å²) in [5.74, 6) is 2.47. The topological polar surface area (TPSA) is 51.0 Å². The van der Waals surface area contributed by atoms with E-state index in [1.165, 1.54) is 5.56 Å². The van der Waals surface area contributed by atoms with Crippen LogP contribution in [-0.2, 0) is 17.8 Å². The van der Waals surface area contributed by atoms with Crippen LogP contribution in [0, 0.1) is 11.8 Å². The molecule has 0 spiro atoms. The summed E-state index contributed by atoms with van der Waals surface area (Å²) in [7, 11) is 1.95. The molecule has 3 unspecified atom stereocenters. The zero-order valence-electron chi connectivity index (χ0n) is 13.4. The van der Waals surface area contributed by atoms with Crippen LogP contribution in [0.3, 0.4) is 0 Å². The third-order valence-electron chi connectivity index (χ3n) is 5.18. The lowest BCUT2D eigenvalue weighted by Crippen LogP contribution is -2.36. The minimum Gasteiger partial charge on any atom is -0.345 e. The Morgan fingerprint density at radius 3 is 3.17 bits per heavy atom. The molecule has 2 aliphatic rings. The summed E-state index contributed by atoms with van der Waals surface area (Å²) in [6.07, 6.45) is 10.6. The first-order chi connectivity index (χ1) is 11.2. The lowest BCUT2D eigenvalue weighted by molar-refractivity contribution is -0.132. The standard InChI is InChI=1S/C18H22N4O/c1-21(12-13-4-7-22-8-6-20-17(22)9-13)18(23)16-10-15(16)14-3-2-5-19-11-14/h2-3,5-6,8,11,13,15-16H,4,7,9-10,12H2,1H3. The van der Waals surface area contributed by atoms with Crippen molar-refractivity contribution in [2.45, 2.75) is 31.7 Å². The summed E-state index contributed by atoms with van der Waals surface area (Å²) >= 11 is 0. The normalized spacial score (nSPS) is 25.7. The number of nitrogens with zero attached hydrogens (tertiary/aromatic N) is 4. The van der Waals surface area contributed by atoms with Gasteiger partial charge in [0, 0.05) is 57.3 Å². The van der Waals surface area contributed by atoms with E-state index in [0.717, 1.165) is 38.2 Å². The number of carbonyl (C=O) groups excluding carboxylic acids is 1. The summed E-state index contributed by atoms with van der Waals surface area (Å²) in [6, 6.07) is 4.02. The Balaban J connectivity index is 1.33. The molecule has 1 saturated carbocycles. The molecule has 2 aromatic heterocycles. The van der Waals surface area contributed by atoms with Gasteiger partial charge in [-0.3, -0.25) is 9.78 Å². The quantitative estimate of drug-likeness (QED) is 0.869. The monoisotopic (exact) mass is 310 g/mol. The van der Waals surface area contributed by atoms with Crippen LogP contribution in [0.4, 0.5) is 0 Å². The second-order valence-electron chi connectivity index (χ2n) is 6.85.